The van der Waals surface area contributed by atoms with E-state index in [1.165, 1.54) is 13.2 Å². The van der Waals surface area contributed by atoms with Gasteiger partial charge in [0.1, 0.15) is 22.8 Å². The molecule has 4 rings (SSSR count). The molecule has 39 heavy (non-hydrogen) atoms. The standard InChI is InChI=1S/C32H37NO6/c1-35-28-14-7-24(8-15-28)32(25-9-16-29(36-2)17-10-25,26-11-18-30(37-3)19-12-26)39-23-22-33-21-5-6-27(33)13-20-31(34)38-4/h7-20,27H,5-6,21-23H2,1-4H3/t27-/m0/s1. The second-order valence-corrected chi connectivity index (χ2v) is 9.34. The number of hydrogen-bond donors (Lipinski definition) is 0. The van der Waals surface area contributed by atoms with E-state index in [1.54, 1.807) is 21.3 Å². The van der Waals surface area contributed by atoms with Crippen LogP contribution in [0, 0.1) is 0 Å². The zero-order chi connectivity index (χ0) is 27.7. The molecule has 1 saturated heterocycles. The Bertz CT molecular complexity index is 1110. The molecule has 7 heteroatoms. The Morgan fingerprint density at radius 1 is 0.795 bits per heavy atom. The summed E-state index contributed by atoms with van der Waals surface area (Å²) in [4.78, 5) is 14.0. The summed E-state index contributed by atoms with van der Waals surface area (Å²) in [7, 11) is 6.37. The van der Waals surface area contributed by atoms with Crippen molar-refractivity contribution in [3.8, 4) is 17.2 Å². The zero-order valence-electron chi connectivity index (χ0n) is 23.1. The van der Waals surface area contributed by atoms with E-state index in [4.69, 9.17) is 23.7 Å². The molecule has 1 aliphatic rings. The quantitative estimate of drug-likeness (QED) is 0.180. The fourth-order valence-electron chi connectivity index (χ4n) is 5.15. The number of ether oxygens (including phenoxy) is 5. The average molecular weight is 532 g/mol. The summed E-state index contributed by atoms with van der Waals surface area (Å²) in [5.41, 5.74) is 2.02. The van der Waals surface area contributed by atoms with Crippen LogP contribution in [0.1, 0.15) is 29.5 Å². The second-order valence-electron chi connectivity index (χ2n) is 9.34. The molecule has 1 aliphatic heterocycles. The Hall–Kier alpha value is -3.81. The van der Waals surface area contributed by atoms with Crippen molar-refractivity contribution in [2.24, 2.45) is 0 Å². The number of esters is 1. The minimum Gasteiger partial charge on any atom is -0.497 e. The van der Waals surface area contributed by atoms with E-state index in [1.807, 2.05) is 78.9 Å². The summed E-state index contributed by atoms with van der Waals surface area (Å²) >= 11 is 0. The number of methoxy groups -OCH3 is 4. The smallest absolute Gasteiger partial charge is 0.330 e. The molecule has 1 fully saturated rings. The van der Waals surface area contributed by atoms with E-state index in [0.29, 0.717) is 13.2 Å². The molecule has 3 aromatic rings. The van der Waals surface area contributed by atoms with Crippen LogP contribution >= 0.6 is 0 Å². The van der Waals surface area contributed by atoms with Crippen LogP contribution in [0.25, 0.3) is 0 Å². The van der Waals surface area contributed by atoms with Gasteiger partial charge in [-0.25, -0.2) is 4.79 Å². The minimum atomic E-state index is -0.901. The third-order valence-electron chi connectivity index (χ3n) is 7.26. The van der Waals surface area contributed by atoms with Crippen LogP contribution < -0.4 is 14.2 Å². The SMILES string of the molecule is COC(=O)C=C[C@@H]1CCCN1CCOC(c1ccc(OC)cc1)(c1ccc(OC)cc1)c1ccc(OC)cc1. The maximum Gasteiger partial charge on any atom is 0.330 e. The van der Waals surface area contributed by atoms with Crippen LogP contribution in [0.15, 0.2) is 84.9 Å². The van der Waals surface area contributed by atoms with E-state index < -0.39 is 5.60 Å². The highest BCUT2D eigenvalue weighted by Gasteiger charge is 2.38. The molecule has 1 heterocycles. The number of benzene rings is 3. The van der Waals surface area contributed by atoms with Crippen molar-refractivity contribution in [2.45, 2.75) is 24.5 Å². The van der Waals surface area contributed by atoms with E-state index in [-0.39, 0.29) is 12.0 Å². The predicted molar refractivity (Wildman–Crippen MR) is 151 cm³/mol. The van der Waals surface area contributed by atoms with Crippen LogP contribution in [0.3, 0.4) is 0 Å². The fraction of sp³-hybridized carbons (Fsp3) is 0.344. The average Bonchev–Trinajstić information content (AvgIpc) is 3.45. The molecule has 0 bridgehead atoms. The first-order valence-electron chi connectivity index (χ1n) is 13.1. The lowest BCUT2D eigenvalue weighted by atomic mass is 9.80. The summed E-state index contributed by atoms with van der Waals surface area (Å²) in [6.45, 7) is 2.12. The van der Waals surface area contributed by atoms with Gasteiger partial charge < -0.3 is 23.7 Å². The number of carbonyl (C=O) groups is 1. The molecule has 0 aromatic heterocycles. The molecule has 7 nitrogen and oxygen atoms in total. The van der Waals surface area contributed by atoms with Gasteiger partial charge in [-0.2, -0.15) is 0 Å². The number of rotatable bonds is 12. The van der Waals surface area contributed by atoms with Crippen molar-refractivity contribution in [3.05, 3.63) is 102 Å². The summed E-state index contributed by atoms with van der Waals surface area (Å²) in [5, 5.41) is 0. The summed E-state index contributed by atoms with van der Waals surface area (Å²) in [6.07, 6.45) is 5.51. The Kier molecular flexibility index (Phi) is 9.63. The van der Waals surface area contributed by atoms with Crippen LogP contribution in [0.5, 0.6) is 17.2 Å². The topological polar surface area (TPSA) is 66.5 Å². The van der Waals surface area contributed by atoms with Gasteiger partial charge in [0.2, 0.25) is 0 Å². The lowest BCUT2D eigenvalue weighted by Crippen LogP contribution is -2.37. The predicted octanol–water partition coefficient (Wildman–Crippen LogP) is 5.21. The number of hydrogen-bond acceptors (Lipinski definition) is 7. The van der Waals surface area contributed by atoms with E-state index in [2.05, 4.69) is 4.90 Å². The molecule has 1 atom stereocenters. The second kappa shape index (κ2) is 13.3. The molecule has 0 radical (unpaired) electrons. The van der Waals surface area contributed by atoms with Crippen LogP contribution in [-0.4, -0.2) is 65.0 Å². The lowest BCUT2D eigenvalue weighted by molar-refractivity contribution is -0.134. The molecular weight excluding hydrogens is 494 g/mol. The van der Waals surface area contributed by atoms with Gasteiger partial charge in [-0.1, -0.05) is 42.5 Å². The van der Waals surface area contributed by atoms with E-state index in [0.717, 1.165) is 53.3 Å². The van der Waals surface area contributed by atoms with Gasteiger partial charge in [0.25, 0.3) is 0 Å². The van der Waals surface area contributed by atoms with Crippen LogP contribution in [-0.2, 0) is 19.9 Å². The first-order chi connectivity index (χ1) is 19.0. The van der Waals surface area contributed by atoms with Crippen molar-refractivity contribution in [3.63, 3.8) is 0 Å². The highest BCUT2D eigenvalue weighted by Crippen LogP contribution is 2.42. The lowest BCUT2D eigenvalue weighted by Gasteiger charge is -2.37. The molecule has 206 valence electrons. The highest BCUT2D eigenvalue weighted by atomic mass is 16.5. The number of carbonyl (C=O) groups excluding carboxylic acids is 1. The Balaban J connectivity index is 1.72. The number of nitrogens with zero attached hydrogens (tertiary/aromatic N) is 1. The molecule has 0 saturated carbocycles. The molecule has 3 aromatic carbocycles. The maximum atomic E-state index is 11.6. The summed E-state index contributed by atoms with van der Waals surface area (Å²) < 4.78 is 28.1. The normalized spacial score (nSPS) is 15.8. The van der Waals surface area contributed by atoms with Crippen molar-refractivity contribution in [1.82, 2.24) is 4.90 Å². The summed E-state index contributed by atoms with van der Waals surface area (Å²) in [5.74, 6) is 1.98. The fourth-order valence-corrected chi connectivity index (χ4v) is 5.15. The molecule has 0 amide bonds. The minimum absolute atomic E-state index is 0.171. The Morgan fingerprint density at radius 2 is 1.26 bits per heavy atom. The van der Waals surface area contributed by atoms with Crippen molar-refractivity contribution >= 4 is 5.97 Å². The first kappa shape index (κ1) is 28.2. The zero-order valence-corrected chi connectivity index (χ0v) is 23.1. The molecule has 0 aliphatic carbocycles. The molecular formula is C32H37NO6. The van der Waals surface area contributed by atoms with Crippen molar-refractivity contribution in [1.29, 1.82) is 0 Å². The molecule has 0 spiro atoms. The van der Waals surface area contributed by atoms with Crippen LogP contribution in [0.2, 0.25) is 0 Å². The largest absolute Gasteiger partial charge is 0.497 e. The van der Waals surface area contributed by atoms with Crippen molar-refractivity contribution in [2.75, 3.05) is 48.1 Å². The first-order valence-corrected chi connectivity index (χ1v) is 13.1. The van der Waals surface area contributed by atoms with Gasteiger partial charge >= 0.3 is 5.97 Å². The molecule has 0 N–H and O–H groups in total. The van der Waals surface area contributed by atoms with E-state index >= 15 is 0 Å². The monoisotopic (exact) mass is 531 g/mol. The van der Waals surface area contributed by atoms with Gasteiger partial charge in [0.05, 0.1) is 35.0 Å². The highest BCUT2D eigenvalue weighted by molar-refractivity contribution is 5.81. The maximum absolute atomic E-state index is 11.6. The van der Waals surface area contributed by atoms with E-state index in [9.17, 15) is 4.79 Å². The van der Waals surface area contributed by atoms with Gasteiger partial charge in [-0.15, -0.1) is 0 Å². The third-order valence-corrected chi connectivity index (χ3v) is 7.26. The van der Waals surface area contributed by atoms with Gasteiger partial charge in [-0.05, 0) is 72.5 Å². The van der Waals surface area contributed by atoms with Gasteiger partial charge in [-0.3, -0.25) is 4.90 Å². The summed E-state index contributed by atoms with van der Waals surface area (Å²) in [6, 6.07) is 24.2. The van der Waals surface area contributed by atoms with Crippen molar-refractivity contribution < 1.29 is 28.5 Å². The Morgan fingerprint density at radius 3 is 1.67 bits per heavy atom. The van der Waals surface area contributed by atoms with Gasteiger partial charge in [0, 0.05) is 18.7 Å². The van der Waals surface area contributed by atoms with Crippen LogP contribution in [0.4, 0.5) is 0 Å². The van der Waals surface area contributed by atoms with Gasteiger partial charge in [0.15, 0.2) is 0 Å². The third kappa shape index (κ3) is 6.44. The molecule has 0 unspecified atom stereocenters. The Labute approximate surface area is 230 Å². The number of likely N-dealkylation sites (tertiary alicyclic amines) is 1.